The van der Waals surface area contributed by atoms with E-state index in [1.54, 1.807) is 24.3 Å². The van der Waals surface area contributed by atoms with Gasteiger partial charge < -0.3 is 15.8 Å². The van der Waals surface area contributed by atoms with Crippen molar-refractivity contribution < 1.29 is 17.9 Å². The summed E-state index contributed by atoms with van der Waals surface area (Å²) in [5, 5.41) is 16.8. The van der Waals surface area contributed by atoms with Gasteiger partial charge in [0.2, 0.25) is 15.9 Å². The quantitative estimate of drug-likeness (QED) is 0.317. The molecule has 1 aliphatic rings. The van der Waals surface area contributed by atoms with Gasteiger partial charge in [-0.2, -0.15) is 0 Å². The van der Waals surface area contributed by atoms with Crippen LogP contribution in [-0.2, 0) is 25.0 Å². The number of nitrogens with one attached hydrogen (secondary N) is 2. The molecule has 8 nitrogen and oxygen atoms in total. The average molecular weight is 479 g/mol. The number of sulfonamides is 1. The van der Waals surface area contributed by atoms with Crippen molar-refractivity contribution in [2.75, 3.05) is 24.3 Å². The predicted octanol–water partition coefficient (Wildman–Crippen LogP) is 3.02. The molecule has 1 heterocycles. The minimum absolute atomic E-state index is 0.0166. The van der Waals surface area contributed by atoms with E-state index < -0.39 is 15.4 Å². The van der Waals surface area contributed by atoms with E-state index in [2.05, 4.69) is 5.32 Å². The van der Waals surface area contributed by atoms with E-state index >= 15 is 0 Å². The van der Waals surface area contributed by atoms with Crippen LogP contribution in [0.2, 0.25) is 0 Å². The van der Waals surface area contributed by atoms with Crippen LogP contribution in [0.4, 0.5) is 11.4 Å². The number of nitrogen functional groups attached to an aromatic ring is 1. The van der Waals surface area contributed by atoms with Crippen molar-refractivity contribution in [3.8, 4) is 0 Å². The van der Waals surface area contributed by atoms with Crippen molar-refractivity contribution in [3.05, 3.63) is 89.5 Å². The smallest absolute Gasteiger partial charge is 0.238 e. The number of nitrogens with two attached hydrogens (primary N) is 2. The minimum atomic E-state index is -3.92. The standard InChI is InChI=1S/C25H26N4O4S/c26-22-10-9-19(16-21(22)23(27)17-5-4-8-20(15-17)34(28,31)32)29-24(30)25(11-13-33-14-12-25)18-6-2-1-3-7-18/h1-10,15-16,27H,11-14,26H2,(H,29,30)(H2,28,31,32). The van der Waals surface area contributed by atoms with Crippen LogP contribution in [0, 0.1) is 5.41 Å². The van der Waals surface area contributed by atoms with E-state index in [9.17, 15) is 13.2 Å². The summed E-state index contributed by atoms with van der Waals surface area (Å²) in [5.41, 5.74) is 7.87. The highest BCUT2D eigenvalue weighted by atomic mass is 32.2. The number of carbonyl (C=O) groups is 1. The van der Waals surface area contributed by atoms with Crippen LogP contribution in [0.15, 0.2) is 77.7 Å². The first-order valence-electron chi connectivity index (χ1n) is 10.8. The van der Waals surface area contributed by atoms with Crippen LogP contribution < -0.4 is 16.2 Å². The summed E-state index contributed by atoms with van der Waals surface area (Å²) < 4.78 is 28.9. The molecule has 1 saturated heterocycles. The van der Waals surface area contributed by atoms with Crippen LogP contribution in [0.1, 0.15) is 29.5 Å². The van der Waals surface area contributed by atoms with E-state index in [4.69, 9.17) is 21.0 Å². The summed E-state index contributed by atoms with van der Waals surface area (Å²) in [6, 6.07) is 20.4. The molecular weight excluding hydrogens is 452 g/mol. The molecule has 1 aliphatic heterocycles. The van der Waals surface area contributed by atoms with Gasteiger partial charge in [0.15, 0.2) is 0 Å². The number of anilines is 2. The maximum Gasteiger partial charge on any atom is 0.238 e. The highest BCUT2D eigenvalue weighted by Gasteiger charge is 2.41. The number of benzene rings is 3. The maximum atomic E-state index is 13.5. The van der Waals surface area contributed by atoms with Crippen LogP contribution in [0.5, 0.6) is 0 Å². The monoisotopic (exact) mass is 478 g/mol. The Morgan fingerprint density at radius 1 is 0.971 bits per heavy atom. The molecule has 176 valence electrons. The Kier molecular flexibility index (Phi) is 6.52. The van der Waals surface area contributed by atoms with E-state index in [-0.39, 0.29) is 16.5 Å². The van der Waals surface area contributed by atoms with Gasteiger partial charge in [0.05, 0.1) is 16.0 Å². The fourth-order valence-corrected chi connectivity index (χ4v) is 4.77. The lowest BCUT2D eigenvalue weighted by Crippen LogP contribution is -2.44. The third kappa shape index (κ3) is 4.72. The molecule has 3 aromatic carbocycles. The second kappa shape index (κ2) is 9.38. The molecule has 0 spiro atoms. The molecule has 6 N–H and O–H groups in total. The lowest BCUT2D eigenvalue weighted by Gasteiger charge is -2.36. The summed E-state index contributed by atoms with van der Waals surface area (Å²) in [7, 11) is -3.92. The Hall–Kier alpha value is -3.53. The van der Waals surface area contributed by atoms with E-state index in [1.165, 1.54) is 18.2 Å². The van der Waals surface area contributed by atoms with E-state index in [1.807, 2.05) is 30.3 Å². The summed E-state index contributed by atoms with van der Waals surface area (Å²) in [5.74, 6) is -0.152. The number of amides is 1. The average Bonchev–Trinajstić information content (AvgIpc) is 2.85. The van der Waals surface area contributed by atoms with Gasteiger partial charge in [0.25, 0.3) is 0 Å². The molecule has 4 rings (SSSR count). The van der Waals surface area contributed by atoms with Gasteiger partial charge in [-0.25, -0.2) is 13.6 Å². The molecule has 0 saturated carbocycles. The van der Waals surface area contributed by atoms with E-state index in [0.29, 0.717) is 48.6 Å². The first kappa shape index (κ1) is 23.6. The summed E-state index contributed by atoms with van der Waals surface area (Å²) in [6.45, 7) is 0.973. The molecule has 0 bridgehead atoms. The molecule has 34 heavy (non-hydrogen) atoms. The Morgan fingerprint density at radius 2 is 1.68 bits per heavy atom. The van der Waals surface area contributed by atoms with Crippen LogP contribution in [-0.4, -0.2) is 33.3 Å². The Labute approximate surface area is 198 Å². The number of primary sulfonamides is 1. The summed E-state index contributed by atoms with van der Waals surface area (Å²) in [6.07, 6.45) is 1.11. The number of hydrogen-bond acceptors (Lipinski definition) is 6. The molecular formula is C25H26N4O4S. The number of ether oxygens (including phenoxy) is 1. The SMILES string of the molecule is N=C(c1cccc(S(N)(=O)=O)c1)c1cc(NC(=O)C2(c3ccccc3)CCOCC2)ccc1N. The summed E-state index contributed by atoms with van der Waals surface area (Å²) >= 11 is 0. The van der Waals surface area contributed by atoms with Gasteiger partial charge >= 0.3 is 0 Å². The highest BCUT2D eigenvalue weighted by Crippen LogP contribution is 2.36. The first-order chi connectivity index (χ1) is 16.2. The highest BCUT2D eigenvalue weighted by molar-refractivity contribution is 7.89. The zero-order valence-corrected chi connectivity index (χ0v) is 19.3. The molecule has 0 unspecified atom stereocenters. The van der Waals surface area contributed by atoms with Crippen molar-refractivity contribution in [2.24, 2.45) is 5.14 Å². The molecule has 0 aliphatic carbocycles. The molecule has 1 amide bonds. The molecule has 9 heteroatoms. The number of hydrogen-bond donors (Lipinski definition) is 4. The van der Waals surface area contributed by atoms with Gasteiger partial charge in [-0.1, -0.05) is 42.5 Å². The molecule has 0 atom stereocenters. The van der Waals surface area contributed by atoms with Crippen molar-refractivity contribution in [1.29, 1.82) is 5.41 Å². The van der Waals surface area contributed by atoms with Gasteiger partial charge in [-0.15, -0.1) is 0 Å². The van der Waals surface area contributed by atoms with Gasteiger partial charge in [-0.05, 0) is 48.7 Å². The van der Waals surface area contributed by atoms with Crippen LogP contribution in [0.25, 0.3) is 0 Å². The number of carbonyl (C=O) groups excluding carboxylic acids is 1. The Morgan fingerprint density at radius 3 is 2.35 bits per heavy atom. The van der Waals surface area contributed by atoms with Crippen LogP contribution in [0.3, 0.4) is 0 Å². The molecule has 3 aromatic rings. The number of rotatable bonds is 6. The molecule has 1 fully saturated rings. The minimum Gasteiger partial charge on any atom is -0.398 e. The van der Waals surface area contributed by atoms with Gasteiger partial charge in [0.1, 0.15) is 0 Å². The zero-order chi connectivity index (χ0) is 24.3. The second-order valence-corrected chi connectivity index (χ2v) is 9.83. The Balaban J connectivity index is 1.65. The molecule has 0 radical (unpaired) electrons. The normalized spacial score (nSPS) is 15.4. The molecule has 0 aromatic heterocycles. The second-order valence-electron chi connectivity index (χ2n) is 8.26. The Bertz CT molecular complexity index is 1330. The predicted molar refractivity (Wildman–Crippen MR) is 131 cm³/mol. The van der Waals surface area contributed by atoms with Gasteiger partial charge in [0, 0.05) is 35.7 Å². The van der Waals surface area contributed by atoms with Crippen molar-refractivity contribution in [2.45, 2.75) is 23.2 Å². The third-order valence-electron chi connectivity index (χ3n) is 6.14. The van der Waals surface area contributed by atoms with Crippen molar-refractivity contribution >= 4 is 33.0 Å². The first-order valence-corrected chi connectivity index (χ1v) is 12.3. The topological polar surface area (TPSA) is 148 Å². The lowest BCUT2D eigenvalue weighted by atomic mass is 9.73. The third-order valence-corrected chi connectivity index (χ3v) is 7.05. The zero-order valence-electron chi connectivity index (χ0n) is 18.5. The van der Waals surface area contributed by atoms with Crippen molar-refractivity contribution in [1.82, 2.24) is 0 Å². The lowest BCUT2D eigenvalue weighted by molar-refractivity contribution is -0.125. The summed E-state index contributed by atoms with van der Waals surface area (Å²) in [4.78, 5) is 13.5. The van der Waals surface area contributed by atoms with Crippen LogP contribution >= 0.6 is 0 Å². The fourth-order valence-electron chi connectivity index (χ4n) is 4.21. The maximum absolute atomic E-state index is 13.5. The van der Waals surface area contributed by atoms with Crippen molar-refractivity contribution in [3.63, 3.8) is 0 Å². The fraction of sp³-hybridized carbons (Fsp3) is 0.200. The largest absolute Gasteiger partial charge is 0.398 e. The van der Waals surface area contributed by atoms with Gasteiger partial charge in [-0.3, -0.25) is 10.2 Å². The van der Waals surface area contributed by atoms with E-state index in [0.717, 1.165) is 5.56 Å².